The number of oxime groups is 1. The van der Waals surface area contributed by atoms with Crippen molar-refractivity contribution < 1.29 is 9.57 Å². The fourth-order valence-corrected chi connectivity index (χ4v) is 2.43. The van der Waals surface area contributed by atoms with Gasteiger partial charge in [-0.2, -0.15) is 0 Å². The highest BCUT2D eigenvalue weighted by atomic mass is 16.6. The number of aromatic nitrogens is 1. The van der Waals surface area contributed by atoms with Crippen LogP contribution in [-0.2, 0) is 22.6 Å². The molecule has 1 heterocycles. The number of nitrogens with two attached hydrogens (primary N) is 2. The zero-order valence-electron chi connectivity index (χ0n) is 16.1. The normalized spacial score (nSPS) is 11.4. The van der Waals surface area contributed by atoms with Crippen molar-refractivity contribution in [3.8, 4) is 0 Å². The van der Waals surface area contributed by atoms with Gasteiger partial charge in [-0.25, -0.2) is 4.98 Å². The van der Waals surface area contributed by atoms with Gasteiger partial charge in [0.1, 0.15) is 11.6 Å². The van der Waals surface area contributed by atoms with E-state index in [0.29, 0.717) is 30.2 Å². The molecule has 1 aromatic heterocycles. The highest BCUT2D eigenvalue weighted by molar-refractivity contribution is 5.84. The summed E-state index contributed by atoms with van der Waals surface area (Å²) in [5.41, 5.74) is 15.1. The number of pyridine rings is 1. The molecule has 1 aromatic carbocycles. The number of ether oxygens (including phenoxy) is 1. The zero-order valence-corrected chi connectivity index (χ0v) is 16.1. The van der Waals surface area contributed by atoms with Crippen molar-refractivity contribution in [2.45, 2.75) is 39.7 Å². The number of unbranched alkanes of at least 4 members (excludes halogenated alkanes) is 1. The van der Waals surface area contributed by atoms with Crippen LogP contribution in [0.2, 0.25) is 0 Å². The maximum Gasteiger partial charge on any atom is 0.161 e. The summed E-state index contributed by atoms with van der Waals surface area (Å²) in [5.74, 6) is 0.950. The summed E-state index contributed by atoms with van der Waals surface area (Å²) in [6.45, 7) is 9.35. The van der Waals surface area contributed by atoms with E-state index in [4.69, 9.17) is 21.0 Å². The fraction of sp³-hybridized carbons (Fsp3) is 0.333. The molecule has 2 aromatic rings. The Morgan fingerprint density at radius 2 is 1.81 bits per heavy atom. The minimum absolute atomic E-state index is 0.268. The first-order valence-corrected chi connectivity index (χ1v) is 9.07. The molecule has 0 aliphatic heterocycles. The second-order valence-corrected chi connectivity index (χ2v) is 6.41. The lowest BCUT2D eigenvalue weighted by atomic mass is 10.1. The van der Waals surface area contributed by atoms with Crippen molar-refractivity contribution in [1.82, 2.24) is 4.98 Å². The topological polar surface area (TPSA) is 95.8 Å². The predicted molar refractivity (Wildman–Crippen MR) is 111 cm³/mol. The SMILES string of the molecule is C=C(O/N=C(\C)Cc1ccc(COCCCC)cc1)c1ccc(N)nc1N. The highest BCUT2D eigenvalue weighted by Crippen LogP contribution is 2.21. The summed E-state index contributed by atoms with van der Waals surface area (Å²) >= 11 is 0. The second kappa shape index (κ2) is 10.3. The molecule has 0 saturated heterocycles. The van der Waals surface area contributed by atoms with Crippen LogP contribution in [0.1, 0.15) is 43.4 Å². The lowest BCUT2D eigenvalue weighted by molar-refractivity contribution is 0.118. The van der Waals surface area contributed by atoms with Gasteiger partial charge in [-0.05, 0) is 36.6 Å². The molecular weight excluding hydrogens is 340 g/mol. The Balaban J connectivity index is 1.86. The van der Waals surface area contributed by atoms with E-state index in [0.717, 1.165) is 30.7 Å². The Kier molecular flexibility index (Phi) is 7.82. The van der Waals surface area contributed by atoms with E-state index in [1.807, 2.05) is 6.92 Å². The lowest BCUT2D eigenvalue weighted by Gasteiger charge is -2.08. The van der Waals surface area contributed by atoms with Crippen LogP contribution in [0.3, 0.4) is 0 Å². The number of hydrogen-bond acceptors (Lipinski definition) is 6. The molecule has 6 nitrogen and oxygen atoms in total. The second-order valence-electron chi connectivity index (χ2n) is 6.41. The van der Waals surface area contributed by atoms with Gasteiger partial charge in [0.15, 0.2) is 5.76 Å². The Bertz CT molecular complexity index is 785. The summed E-state index contributed by atoms with van der Waals surface area (Å²) < 4.78 is 5.63. The molecule has 0 aliphatic rings. The van der Waals surface area contributed by atoms with Crippen molar-refractivity contribution >= 4 is 23.1 Å². The summed E-state index contributed by atoms with van der Waals surface area (Å²) in [6, 6.07) is 11.7. The molecule has 0 radical (unpaired) electrons. The van der Waals surface area contributed by atoms with Crippen molar-refractivity contribution in [3.63, 3.8) is 0 Å². The standard InChI is InChI=1S/C21H28N4O2/c1-4-5-12-26-14-18-8-6-17(7-9-18)13-15(2)25-27-16(3)19-10-11-20(22)24-21(19)23/h6-11H,3-5,12-14H2,1-2H3,(H4,22,23,24)/b25-15+. The van der Waals surface area contributed by atoms with Crippen molar-refractivity contribution in [2.24, 2.45) is 5.16 Å². The number of benzene rings is 1. The molecule has 6 heteroatoms. The molecular formula is C21H28N4O2. The van der Waals surface area contributed by atoms with Crippen molar-refractivity contribution in [3.05, 3.63) is 59.7 Å². The van der Waals surface area contributed by atoms with Crippen LogP contribution < -0.4 is 11.5 Å². The van der Waals surface area contributed by atoms with Gasteiger partial charge in [0.05, 0.1) is 17.9 Å². The number of nitrogens with zero attached hydrogens (tertiary/aromatic N) is 2. The number of rotatable bonds is 10. The monoisotopic (exact) mass is 368 g/mol. The molecule has 0 saturated carbocycles. The van der Waals surface area contributed by atoms with Crippen molar-refractivity contribution in [1.29, 1.82) is 0 Å². The minimum Gasteiger partial charge on any atom is -0.384 e. The van der Waals surface area contributed by atoms with Crippen LogP contribution in [-0.4, -0.2) is 17.3 Å². The van der Waals surface area contributed by atoms with Gasteiger partial charge < -0.3 is 21.0 Å². The third-order valence-corrected chi connectivity index (χ3v) is 3.95. The van der Waals surface area contributed by atoms with Crippen LogP contribution in [0.4, 0.5) is 11.6 Å². The van der Waals surface area contributed by atoms with E-state index in [1.54, 1.807) is 12.1 Å². The Morgan fingerprint density at radius 1 is 1.11 bits per heavy atom. The number of anilines is 2. The van der Waals surface area contributed by atoms with Gasteiger partial charge in [-0.3, -0.25) is 0 Å². The summed E-state index contributed by atoms with van der Waals surface area (Å²) in [4.78, 5) is 9.38. The van der Waals surface area contributed by atoms with Gasteiger partial charge >= 0.3 is 0 Å². The molecule has 4 N–H and O–H groups in total. The molecule has 0 fully saturated rings. The molecule has 2 rings (SSSR count). The average molecular weight is 368 g/mol. The highest BCUT2D eigenvalue weighted by Gasteiger charge is 2.07. The molecule has 0 aliphatic carbocycles. The maximum atomic E-state index is 5.83. The Labute approximate surface area is 160 Å². The largest absolute Gasteiger partial charge is 0.384 e. The first-order chi connectivity index (χ1) is 13.0. The minimum atomic E-state index is 0.268. The molecule has 144 valence electrons. The molecule has 27 heavy (non-hydrogen) atoms. The first kappa shape index (κ1) is 20.5. The van der Waals surface area contributed by atoms with Crippen LogP contribution in [0.15, 0.2) is 48.1 Å². The van der Waals surface area contributed by atoms with E-state index >= 15 is 0 Å². The van der Waals surface area contributed by atoms with E-state index in [2.05, 4.69) is 47.9 Å². The fourth-order valence-electron chi connectivity index (χ4n) is 2.43. The maximum absolute atomic E-state index is 5.83. The van der Waals surface area contributed by atoms with Crippen LogP contribution in [0.25, 0.3) is 5.76 Å². The molecule has 0 unspecified atom stereocenters. The summed E-state index contributed by atoms with van der Waals surface area (Å²) in [7, 11) is 0. The van der Waals surface area contributed by atoms with Crippen LogP contribution in [0.5, 0.6) is 0 Å². The molecule has 0 bridgehead atoms. The quantitative estimate of drug-likeness (QED) is 0.284. The van der Waals surface area contributed by atoms with Gasteiger partial charge in [0.25, 0.3) is 0 Å². The Morgan fingerprint density at radius 3 is 2.48 bits per heavy atom. The molecule has 0 amide bonds. The van der Waals surface area contributed by atoms with Crippen molar-refractivity contribution in [2.75, 3.05) is 18.1 Å². The molecule has 0 atom stereocenters. The van der Waals surface area contributed by atoms with E-state index in [-0.39, 0.29) is 5.82 Å². The van der Waals surface area contributed by atoms with Gasteiger partial charge in [0, 0.05) is 13.0 Å². The van der Waals surface area contributed by atoms with Crippen LogP contribution >= 0.6 is 0 Å². The van der Waals surface area contributed by atoms with Crippen LogP contribution in [0, 0.1) is 0 Å². The van der Waals surface area contributed by atoms with E-state index < -0.39 is 0 Å². The van der Waals surface area contributed by atoms with E-state index in [1.165, 1.54) is 5.56 Å². The summed E-state index contributed by atoms with van der Waals surface area (Å²) in [5, 5.41) is 4.13. The summed E-state index contributed by atoms with van der Waals surface area (Å²) in [6.07, 6.45) is 2.92. The van der Waals surface area contributed by atoms with Gasteiger partial charge in [0.2, 0.25) is 0 Å². The van der Waals surface area contributed by atoms with Gasteiger partial charge in [-0.1, -0.05) is 49.3 Å². The third-order valence-electron chi connectivity index (χ3n) is 3.95. The number of nitrogen functional groups attached to an aromatic ring is 2. The first-order valence-electron chi connectivity index (χ1n) is 9.07. The molecule has 0 spiro atoms. The number of hydrogen-bond donors (Lipinski definition) is 2. The smallest absolute Gasteiger partial charge is 0.161 e. The third kappa shape index (κ3) is 6.75. The Hall–Kier alpha value is -2.86. The zero-order chi connectivity index (χ0) is 19.6. The lowest BCUT2D eigenvalue weighted by Crippen LogP contribution is -2.02. The van der Waals surface area contributed by atoms with Gasteiger partial charge in [-0.15, -0.1) is 0 Å². The predicted octanol–water partition coefficient (Wildman–Crippen LogP) is 4.17. The van der Waals surface area contributed by atoms with E-state index in [9.17, 15) is 0 Å². The average Bonchev–Trinajstić information content (AvgIpc) is 2.64.